The van der Waals surface area contributed by atoms with Crippen LogP contribution in [0.1, 0.15) is 51.9 Å². The minimum Gasteiger partial charge on any atom is -0.391 e. The van der Waals surface area contributed by atoms with Gasteiger partial charge >= 0.3 is 0 Å². The van der Waals surface area contributed by atoms with E-state index in [9.17, 15) is 9.90 Å². The van der Waals surface area contributed by atoms with Gasteiger partial charge in [0, 0.05) is 18.9 Å². The molecule has 1 aliphatic carbocycles. The monoisotopic (exact) mass is 228 g/mol. The number of Topliss-reactive ketones (excluding diaryl/α,β-unsaturated/α-hetero) is 1. The van der Waals surface area contributed by atoms with E-state index in [0.717, 1.165) is 32.1 Å². The van der Waals surface area contributed by atoms with Crippen molar-refractivity contribution >= 4 is 5.78 Å². The molecule has 2 atom stereocenters. The zero-order valence-electron chi connectivity index (χ0n) is 10.3. The van der Waals surface area contributed by atoms with Crippen molar-refractivity contribution in [1.29, 1.82) is 0 Å². The third kappa shape index (κ3) is 5.08. The van der Waals surface area contributed by atoms with E-state index >= 15 is 0 Å². The molecular weight excluding hydrogens is 204 g/mol. The van der Waals surface area contributed by atoms with Gasteiger partial charge in [-0.1, -0.05) is 19.8 Å². The van der Waals surface area contributed by atoms with Crippen LogP contribution in [0.2, 0.25) is 0 Å². The van der Waals surface area contributed by atoms with Gasteiger partial charge in [0.2, 0.25) is 0 Å². The molecule has 0 radical (unpaired) electrons. The highest BCUT2D eigenvalue weighted by Crippen LogP contribution is 2.24. The second-order valence-corrected chi connectivity index (χ2v) is 4.73. The number of rotatable bonds is 7. The Balaban J connectivity index is 2.12. The molecule has 0 spiro atoms. The van der Waals surface area contributed by atoms with E-state index in [1.54, 1.807) is 0 Å². The Morgan fingerprint density at radius 3 is 3.00 bits per heavy atom. The topological polar surface area (TPSA) is 46.5 Å². The maximum Gasteiger partial charge on any atom is 0.136 e. The number of unbranched alkanes of at least 4 members (excludes halogenated alkanes) is 1. The van der Waals surface area contributed by atoms with Gasteiger partial charge in [-0.3, -0.25) is 4.79 Å². The Morgan fingerprint density at radius 1 is 1.50 bits per heavy atom. The number of hydrogen-bond donors (Lipinski definition) is 1. The molecule has 0 aromatic heterocycles. The van der Waals surface area contributed by atoms with Crippen LogP contribution in [-0.4, -0.2) is 30.2 Å². The highest BCUT2D eigenvalue weighted by atomic mass is 16.5. The lowest BCUT2D eigenvalue weighted by Gasteiger charge is -2.22. The highest BCUT2D eigenvalue weighted by Gasteiger charge is 2.24. The number of aliphatic hydroxyl groups is 1. The summed E-state index contributed by atoms with van der Waals surface area (Å²) in [6.45, 7) is 3.20. The minimum atomic E-state index is -0.469. The van der Waals surface area contributed by atoms with Crippen molar-refractivity contribution in [3.8, 4) is 0 Å². The minimum absolute atomic E-state index is 0.0820. The van der Waals surface area contributed by atoms with Crippen molar-refractivity contribution in [3.05, 3.63) is 0 Å². The molecule has 3 heteroatoms. The molecule has 0 aromatic rings. The van der Waals surface area contributed by atoms with Crippen molar-refractivity contribution in [2.24, 2.45) is 5.92 Å². The summed E-state index contributed by atoms with van der Waals surface area (Å²) in [5, 5.41) is 9.74. The van der Waals surface area contributed by atoms with Crippen LogP contribution in [0.4, 0.5) is 0 Å². The zero-order valence-corrected chi connectivity index (χ0v) is 10.3. The van der Waals surface area contributed by atoms with Gasteiger partial charge in [0.1, 0.15) is 5.78 Å². The first kappa shape index (κ1) is 13.7. The lowest BCUT2D eigenvalue weighted by atomic mass is 9.84. The summed E-state index contributed by atoms with van der Waals surface area (Å²) >= 11 is 0. The summed E-state index contributed by atoms with van der Waals surface area (Å²) in [6, 6.07) is 0. The molecule has 0 amide bonds. The van der Waals surface area contributed by atoms with Crippen molar-refractivity contribution in [2.75, 3.05) is 13.2 Å². The standard InChI is InChI=1S/C13H24O3/c1-2-3-8-16-10-12(14)9-11-6-4-5-7-13(11)15/h11-12,14H,2-10H2,1H3. The average molecular weight is 228 g/mol. The molecular formula is C13H24O3. The number of aliphatic hydroxyl groups excluding tert-OH is 1. The lowest BCUT2D eigenvalue weighted by Crippen LogP contribution is -2.26. The Hall–Kier alpha value is -0.410. The molecule has 16 heavy (non-hydrogen) atoms. The number of carbonyl (C=O) groups is 1. The molecule has 1 aliphatic rings. The summed E-state index contributed by atoms with van der Waals surface area (Å²) in [4.78, 5) is 11.6. The van der Waals surface area contributed by atoms with Crippen molar-refractivity contribution in [3.63, 3.8) is 0 Å². The number of ketones is 1. The van der Waals surface area contributed by atoms with Crippen molar-refractivity contribution in [1.82, 2.24) is 0 Å². The SMILES string of the molecule is CCCCOCC(O)CC1CCCCC1=O. The number of carbonyl (C=O) groups excluding carboxylic acids is 1. The lowest BCUT2D eigenvalue weighted by molar-refractivity contribution is -0.126. The fourth-order valence-electron chi connectivity index (χ4n) is 2.17. The van der Waals surface area contributed by atoms with Gasteiger partial charge in [0.05, 0.1) is 12.7 Å². The molecule has 2 unspecified atom stereocenters. The van der Waals surface area contributed by atoms with Gasteiger partial charge in [0.25, 0.3) is 0 Å². The average Bonchev–Trinajstić information content (AvgIpc) is 2.28. The van der Waals surface area contributed by atoms with Gasteiger partial charge in [-0.25, -0.2) is 0 Å². The molecule has 0 aromatic carbocycles. The van der Waals surface area contributed by atoms with Gasteiger partial charge < -0.3 is 9.84 Å². The Morgan fingerprint density at radius 2 is 2.31 bits per heavy atom. The highest BCUT2D eigenvalue weighted by molar-refractivity contribution is 5.81. The van der Waals surface area contributed by atoms with E-state index < -0.39 is 6.10 Å². The predicted octanol–water partition coefficient (Wildman–Crippen LogP) is 2.31. The van der Waals surface area contributed by atoms with Crippen LogP contribution in [0.5, 0.6) is 0 Å². The van der Waals surface area contributed by atoms with Gasteiger partial charge in [-0.2, -0.15) is 0 Å². The molecule has 1 fully saturated rings. The molecule has 0 heterocycles. The van der Waals surface area contributed by atoms with E-state index in [2.05, 4.69) is 6.92 Å². The molecule has 1 N–H and O–H groups in total. The number of ether oxygens (including phenoxy) is 1. The molecule has 0 saturated heterocycles. The van der Waals surface area contributed by atoms with Gasteiger partial charge in [-0.15, -0.1) is 0 Å². The largest absolute Gasteiger partial charge is 0.391 e. The van der Waals surface area contributed by atoms with Crippen LogP contribution < -0.4 is 0 Å². The third-order valence-electron chi connectivity index (χ3n) is 3.19. The maximum absolute atomic E-state index is 11.6. The van der Waals surface area contributed by atoms with Gasteiger partial charge in [0.15, 0.2) is 0 Å². The van der Waals surface area contributed by atoms with Crippen LogP contribution >= 0.6 is 0 Å². The third-order valence-corrected chi connectivity index (χ3v) is 3.19. The predicted molar refractivity (Wildman–Crippen MR) is 63.3 cm³/mol. The summed E-state index contributed by atoms with van der Waals surface area (Å²) in [6.07, 6.45) is 6.07. The van der Waals surface area contributed by atoms with Crippen molar-refractivity contribution < 1.29 is 14.6 Å². The van der Waals surface area contributed by atoms with Crippen molar-refractivity contribution in [2.45, 2.75) is 58.0 Å². The van der Waals surface area contributed by atoms with E-state index in [4.69, 9.17) is 4.74 Å². The first-order valence-electron chi connectivity index (χ1n) is 6.52. The summed E-state index contributed by atoms with van der Waals surface area (Å²) in [5.41, 5.74) is 0. The zero-order chi connectivity index (χ0) is 11.8. The number of hydrogen-bond acceptors (Lipinski definition) is 3. The summed E-state index contributed by atoms with van der Waals surface area (Å²) < 4.78 is 5.35. The summed E-state index contributed by atoms with van der Waals surface area (Å²) in [5.74, 6) is 0.414. The van der Waals surface area contributed by atoms with Crippen LogP contribution in [-0.2, 0) is 9.53 Å². The molecule has 3 nitrogen and oxygen atoms in total. The van der Waals surface area contributed by atoms with Crippen LogP contribution in [0.3, 0.4) is 0 Å². The van der Waals surface area contributed by atoms with E-state index in [1.807, 2.05) is 0 Å². The normalized spacial score (nSPS) is 23.4. The van der Waals surface area contributed by atoms with Gasteiger partial charge in [-0.05, 0) is 25.7 Å². The Kier molecular flexibility index (Phi) is 6.65. The second kappa shape index (κ2) is 7.80. The van der Waals surface area contributed by atoms with E-state index in [1.165, 1.54) is 0 Å². The van der Waals surface area contributed by atoms with Crippen LogP contribution in [0, 0.1) is 5.92 Å². The summed E-state index contributed by atoms with van der Waals surface area (Å²) in [7, 11) is 0. The molecule has 94 valence electrons. The Labute approximate surface area is 98.2 Å². The fraction of sp³-hybridized carbons (Fsp3) is 0.923. The maximum atomic E-state index is 11.6. The first-order chi connectivity index (χ1) is 7.74. The molecule has 0 bridgehead atoms. The first-order valence-corrected chi connectivity index (χ1v) is 6.52. The fourth-order valence-corrected chi connectivity index (χ4v) is 2.17. The van der Waals surface area contributed by atoms with E-state index in [-0.39, 0.29) is 5.92 Å². The van der Waals surface area contributed by atoms with Crippen LogP contribution in [0.25, 0.3) is 0 Å². The quantitative estimate of drug-likeness (QED) is 0.680. The smallest absolute Gasteiger partial charge is 0.136 e. The molecule has 1 rings (SSSR count). The second-order valence-electron chi connectivity index (χ2n) is 4.73. The molecule has 1 saturated carbocycles. The Bertz CT molecular complexity index is 203. The molecule has 0 aliphatic heterocycles. The van der Waals surface area contributed by atoms with Crippen LogP contribution in [0.15, 0.2) is 0 Å². The van der Waals surface area contributed by atoms with E-state index in [0.29, 0.717) is 31.8 Å².